The highest BCUT2D eigenvalue weighted by molar-refractivity contribution is 5.92. The first-order chi connectivity index (χ1) is 12.7. The van der Waals surface area contributed by atoms with Crippen LogP contribution in [-0.2, 0) is 12.7 Å². The molecule has 0 saturated heterocycles. The van der Waals surface area contributed by atoms with Crippen molar-refractivity contribution in [1.29, 1.82) is 0 Å². The van der Waals surface area contributed by atoms with Crippen molar-refractivity contribution in [3.8, 4) is 11.7 Å². The minimum Gasteiger partial charge on any atom is -0.439 e. The molecule has 1 amide bonds. The smallest absolute Gasteiger partial charge is 0.416 e. The molecule has 0 spiro atoms. The Balaban J connectivity index is 1.73. The van der Waals surface area contributed by atoms with Crippen LogP contribution < -0.4 is 10.9 Å². The number of carbonyl (C=O) groups excluding carboxylic acids is 1. The molecule has 2 aromatic heterocycles. The third kappa shape index (κ3) is 4.40. The van der Waals surface area contributed by atoms with E-state index in [1.807, 2.05) is 0 Å². The van der Waals surface area contributed by atoms with Gasteiger partial charge in [0.2, 0.25) is 0 Å². The van der Waals surface area contributed by atoms with Crippen molar-refractivity contribution in [3.63, 3.8) is 0 Å². The van der Waals surface area contributed by atoms with Crippen molar-refractivity contribution in [2.24, 2.45) is 0 Å². The first kappa shape index (κ1) is 18.4. The average Bonchev–Trinajstić information content (AvgIpc) is 3.05. The van der Waals surface area contributed by atoms with Crippen LogP contribution in [0.15, 0.2) is 45.7 Å². The predicted octanol–water partition coefficient (Wildman–Crippen LogP) is 2.68. The van der Waals surface area contributed by atoms with Crippen molar-refractivity contribution in [2.75, 3.05) is 0 Å². The summed E-state index contributed by atoms with van der Waals surface area (Å²) in [6, 6.07) is 5.37. The summed E-state index contributed by atoms with van der Waals surface area (Å²) < 4.78 is 42.9. The van der Waals surface area contributed by atoms with Crippen LogP contribution in [0.3, 0.4) is 0 Å². The van der Waals surface area contributed by atoms with Crippen LogP contribution in [0.2, 0.25) is 0 Å². The molecule has 3 aromatic rings. The van der Waals surface area contributed by atoms with E-state index in [0.29, 0.717) is 11.3 Å². The molecule has 7 nitrogen and oxygen atoms in total. The number of carbonyl (C=O) groups is 1. The Morgan fingerprint density at radius 2 is 1.96 bits per heavy atom. The van der Waals surface area contributed by atoms with E-state index in [1.165, 1.54) is 18.3 Å². The second-order valence-electron chi connectivity index (χ2n) is 5.63. The second-order valence-corrected chi connectivity index (χ2v) is 5.63. The topological polar surface area (TPSA) is 101 Å². The minimum atomic E-state index is -4.43. The molecule has 0 fully saturated rings. The van der Waals surface area contributed by atoms with Gasteiger partial charge in [0.1, 0.15) is 11.5 Å². The van der Waals surface area contributed by atoms with Gasteiger partial charge in [-0.3, -0.25) is 9.59 Å². The number of nitrogens with zero attached hydrogens (tertiary/aromatic N) is 2. The maximum atomic E-state index is 12.5. The number of aromatic nitrogens is 3. The molecule has 2 heterocycles. The molecule has 2 N–H and O–H groups in total. The van der Waals surface area contributed by atoms with Crippen molar-refractivity contribution in [2.45, 2.75) is 19.6 Å². The van der Waals surface area contributed by atoms with Crippen LogP contribution in [0, 0.1) is 6.92 Å². The highest BCUT2D eigenvalue weighted by Crippen LogP contribution is 2.29. The maximum absolute atomic E-state index is 12.5. The lowest BCUT2D eigenvalue weighted by molar-refractivity contribution is -0.137. The highest BCUT2D eigenvalue weighted by atomic mass is 19.4. The van der Waals surface area contributed by atoms with E-state index in [9.17, 15) is 22.8 Å². The number of hydrogen-bond acceptors (Lipinski definition) is 5. The van der Waals surface area contributed by atoms with Crippen molar-refractivity contribution in [3.05, 3.63) is 69.5 Å². The summed E-state index contributed by atoms with van der Waals surface area (Å²) in [7, 11) is 0. The fourth-order valence-corrected chi connectivity index (χ4v) is 2.22. The van der Waals surface area contributed by atoms with E-state index < -0.39 is 23.2 Å². The van der Waals surface area contributed by atoms with Crippen molar-refractivity contribution in [1.82, 2.24) is 20.3 Å². The molecule has 0 unspecified atom stereocenters. The first-order valence-corrected chi connectivity index (χ1v) is 7.71. The van der Waals surface area contributed by atoms with Crippen LogP contribution in [-0.4, -0.2) is 20.9 Å². The first-order valence-electron chi connectivity index (χ1n) is 7.71. The summed E-state index contributed by atoms with van der Waals surface area (Å²) in [6.07, 6.45) is -2.99. The molecule has 0 aliphatic heterocycles. The number of benzene rings is 1. The molecule has 0 atom stereocenters. The van der Waals surface area contributed by atoms with Gasteiger partial charge in [-0.1, -0.05) is 12.1 Å². The molecular weight excluding hydrogens is 365 g/mol. The lowest BCUT2D eigenvalue weighted by Crippen LogP contribution is -2.26. The van der Waals surface area contributed by atoms with E-state index in [2.05, 4.69) is 20.3 Å². The Kier molecular flexibility index (Phi) is 4.80. The summed E-state index contributed by atoms with van der Waals surface area (Å²) in [5.74, 6) is -0.104. The number of aryl methyl sites for hydroxylation is 1. The van der Waals surface area contributed by atoms with Gasteiger partial charge in [-0.05, 0) is 24.6 Å². The normalized spacial score (nSPS) is 11.4. The zero-order valence-electron chi connectivity index (χ0n) is 13.9. The third-order valence-electron chi connectivity index (χ3n) is 3.53. The lowest BCUT2D eigenvalue weighted by atomic mass is 10.1. The summed E-state index contributed by atoms with van der Waals surface area (Å²) >= 11 is 0. The van der Waals surface area contributed by atoms with Crippen LogP contribution in [0.1, 0.15) is 27.4 Å². The molecular formula is C17H13F3N4O3. The third-order valence-corrected chi connectivity index (χ3v) is 3.53. The number of amides is 1. The van der Waals surface area contributed by atoms with E-state index in [-0.39, 0.29) is 24.0 Å². The zero-order chi connectivity index (χ0) is 19.6. The van der Waals surface area contributed by atoms with Crippen LogP contribution in [0.4, 0.5) is 13.2 Å². The predicted molar refractivity (Wildman–Crippen MR) is 87.7 cm³/mol. The largest absolute Gasteiger partial charge is 0.439 e. The monoisotopic (exact) mass is 378 g/mol. The maximum Gasteiger partial charge on any atom is 0.416 e. The number of halogens is 3. The highest BCUT2D eigenvalue weighted by Gasteiger charge is 2.29. The fraction of sp³-hybridized carbons (Fsp3) is 0.176. The van der Waals surface area contributed by atoms with Crippen molar-refractivity contribution < 1.29 is 22.4 Å². The van der Waals surface area contributed by atoms with Gasteiger partial charge in [-0.25, -0.2) is 9.97 Å². The number of nitrogens with one attached hydrogen (secondary N) is 2. The van der Waals surface area contributed by atoms with Crippen LogP contribution in [0.25, 0.3) is 11.7 Å². The quantitative estimate of drug-likeness (QED) is 0.727. The number of rotatable bonds is 4. The fourth-order valence-electron chi connectivity index (χ4n) is 2.22. The average molecular weight is 378 g/mol. The number of aromatic amines is 1. The van der Waals surface area contributed by atoms with Gasteiger partial charge in [0.15, 0.2) is 5.82 Å². The van der Waals surface area contributed by atoms with Crippen LogP contribution >= 0.6 is 0 Å². The second kappa shape index (κ2) is 7.06. The molecule has 0 radical (unpaired) electrons. The number of hydrogen-bond donors (Lipinski definition) is 2. The minimum absolute atomic E-state index is 0.00437. The molecule has 0 aliphatic carbocycles. The molecule has 0 saturated carbocycles. The van der Waals surface area contributed by atoms with Gasteiger partial charge >= 0.3 is 6.18 Å². The van der Waals surface area contributed by atoms with E-state index in [0.717, 1.165) is 18.2 Å². The number of alkyl halides is 3. The summed E-state index contributed by atoms with van der Waals surface area (Å²) in [6.45, 7) is 1.63. The lowest BCUT2D eigenvalue weighted by Gasteiger charge is -2.08. The Hall–Kier alpha value is -3.43. The van der Waals surface area contributed by atoms with E-state index in [4.69, 9.17) is 4.42 Å². The number of oxazole rings is 1. The van der Waals surface area contributed by atoms with Gasteiger partial charge in [0.05, 0.1) is 11.8 Å². The Bertz CT molecular complexity index is 1020. The van der Waals surface area contributed by atoms with E-state index in [1.54, 1.807) is 6.92 Å². The summed E-state index contributed by atoms with van der Waals surface area (Å²) in [5, 5.41) is 2.50. The molecule has 1 aromatic carbocycles. The van der Waals surface area contributed by atoms with Crippen molar-refractivity contribution >= 4 is 5.91 Å². The van der Waals surface area contributed by atoms with Gasteiger partial charge in [0.25, 0.3) is 17.4 Å². The molecule has 10 heteroatoms. The Morgan fingerprint density at radius 3 is 2.56 bits per heavy atom. The molecule has 3 rings (SSSR count). The summed E-state index contributed by atoms with van der Waals surface area (Å²) in [4.78, 5) is 34.3. The van der Waals surface area contributed by atoms with Gasteiger partial charge < -0.3 is 14.7 Å². The molecule has 140 valence electrons. The van der Waals surface area contributed by atoms with Gasteiger partial charge in [-0.15, -0.1) is 0 Å². The van der Waals surface area contributed by atoms with Crippen LogP contribution in [0.5, 0.6) is 0 Å². The van der Waals surface area contributed by atoms with Gasteiger partial charge in [-0.2, -0.15) is 13.2 Å². The SMILES string of the molecule is Cc1cnc(-c2nc(C(=O)NCc3ccc(C(F)(F)F)cc3)cc(=O)[nH]2)o1. The Labute approximate surface area is 150 Å². The summed E-state index contributed by atoms with van der Waals surface area (Å²) in [5.41, 5.74) is -1.06. The Morgan fingerprint density at radius 1 is 1.26 bits per heavy atom. The standard InChI is InChI=1S/C17H13F3N4O3/c1-9-7-22-16(27-9)14-23-12(6-13(25)24-14)15(26)21-8-10-2-4-11(5-3-10)17(18,19)20/h2-7H,8H2,1H3,(H,21,26)(H,23,24,25). The van der Waals surface area contributed by atoms with E-state index >= 15 is 0 Å². The van der Waals surface area contributed by atoms with Gasteiger partial charge in [0, 0.05) is 12.6 Å². The molecule has 27 heavy (non-hydrogen) atoms. The molecule has 0 aliphatic rings. The number of H-pyrrole nitrogens is 1. The zero-order valence-corrected chi connectivity index (χ0v) is 13.9. The molecule has 0 bridgehead atoms.